The second kappa shape index (κ2) is 6.74. The largest absolute Gasteiger partial charge is 0.351 e. The number of carbonyl (C=O) groups excluding carboxylic acids is 2. The number of fused-ring (bicyclic) bond motifs is 1. The van der Waals surface area contributed by atoms with Gasteiger partial charge in [-0.15, -0.1) is 0 Å². The highest BCUT2D eigenvalue weighted by Gasteiger charge is 2.23. The number of anilines is 3. The SMILES string of the molecule is CCC(C)n1nccc1NC(=O)CN1CC(=O)Nc2ccccc21. The fourth-order valence-electron chi connectivity index (χ4n) is 2.74. The Bertz CT molecular complexity index is 755. The van der Waals surface area contributed by atoms with E-state index in [0.29, 0.717) is 5.82 Å². The van der Waals surface area contributed by atoms with Crippen molar-refractivity contribution in [2.45, 2.75) is 26.3 Å². The number of hydrogen-bond donors (Lipinski definition) is 2. The van der Waals surface area contributed by atoms with Crippen molar-refractivity contribution in [3.8, 4) is 0 Å². The summed E-state index contributed by atoms with van der Waals surface area (Å²) >= 11 is 0. The highest BCUT2D eigenvalue weighted by molar-refractivity contribution is 6.03. The molecule has 2 heterocycles. The molecule has 24 heavy (non-hydrogen) atoms. The van der Waals surface area contributed by atoms with E-state index in [1.165, 1.54) is 0 Å². The first kappa shape index (κ1) is 16.0. The molecular formula is C17H21N5O2. The Hall–Kier alpha value is -2.83. The number of aromatic nitrogens is 2. The van der Waals surface area contributed by atoms with Gasteiger partial charge in [0.1, 0.15) is 5.82 Å². The van der Waals surface area contributed by atoms with Crippen LogP contribution in [0.15, 0.2) is 36.5 Å². The van der Waals surface area contributed by atoms with Crippen molar-refractivity contribution in [2.24, 2.45) is 0 Å². The zero-order chi connectivity index (χ0) is 17.1. The van der Waals surface area contributed by atoms with Gasteiger partial charge in [0, 0.05) is 6.07 Å². The number of amides is 2. The molecule has 2 N–H and O–H groups in total. The molecule has 1 aliphatic heterocycles. The molecule has 0 radical (unpaired) electrons. The Balaban J connectivity index is 1.72. The molecular weight excluding hydrogens is 306 g/mol. The van der Waals surface area contributed by atoms with Crippen LogP contribution in [0.3, 0.4) is 0 Å². The fourth-order valence-corrected chi connectivity index (χ4v) is 2.74. The topological polar surface area (TPSA) is 79.3 Å². The zero-order valence-corrected chi connectivity index (χ0v) is 13.8. The summed E-state index contributed by atoms with van der Waals surface area (Å²) in [5, 5.41) is 9.96. The number of nitrogens with one attached hydrogen (secondary N) is 2. The van der Waals surface area contributed by atoms with Gasteiger partial charge >= 0.3 is 0 Å². The van der Waals surface area contributed by atoms with E-state index in [1.54, 1.807) is 21.8 Å². The first-order valence-corrected chi connectivity index (χ1v) is 8.05. The number of nitrogens with zero attached hydrogens (tertiary/aromatic N) is 3. The van der Waals surface area contributed by atoms with Crippen LogP contribution in [0.25, 0.3) is 0 Å². The summed E-state index contributed by atoms with van der Waals surface area (Å²) in [6.45, 7) is 4.39. The molecule has 1 aromatic carbocycles. The van der Waals surface area contributed by atoms with Crippen molar-refractivity contribution >= 4 is 29.0 Å². The lowest BCUT2D eigenvalue weighted by atomic mass is 10.2. The van der Waals surface area contributed by atoms with E-state index in [2.05, 4.69) is 22.7 Å². The Morgan fingerprint density at radius 2 is 2.17 bits per heavy atom. The van der Waals surface area contributed by atoms with Crippen molar-refractivity contribution in [3.63, 3.8) is 0 Å². The minimum absolute atomic E-state index is 0.107. The predicted octanol–water partition coefficient (Wildman–Crippen LogP) is 2.25. The maximum atomic E-state index is 12.4. The summed E-state index contributed by atoms with van der Waals surface area (Å²) in [5.74, 6) is 0.375. The molecule has 7 nitrogen and oxygen atoms in total. The van der Waals surface area contributed by atoms with Crippen LogP contribution in [-0.4, -0.2) is 34.7 Å². The lowest BCUT2D eigenvalue weighted by Gasteiger charge is -2.30. The lowest BCUT2D eigenvalue weighted by Crippen LogP contribution is -2.42. The highest BCUT2D eigenvalue weighted by Crippen LogP contribution is 2.28. The molecule has 1 aromatic heterocycles. The number of para-hydroxylation sites is 2. The minimum Gasteiger partial charge on any atom is -0.351 e. The molecule has 0 fully saturated rings. The Morgan fingerprint density at radius 1 is 1.38 bits per heavy atom. The Kier molecular flexibility index (Phi) is 4.50. The second-order valence-electron chi connectivity index (χ2n) is 5.89. The van der Waals surface area contributed by atoms with Crippen molar-refractivity contribution in [3.05, 3.63) is 36.5 Å². The van der Waals surface area contributed by atoms with Gasteiger partial charge in [-0.25, -0.2) is 4.68 Å². The van der Waals surface area contributed by atoms with Crippen LogP contribution in [-0.2, 0) is 9.59 Å². The molecule has 1 unspecified atom stereocenters. The summed E-state index contributed by atoms with van der Waals surface area (Å²) in [7, 11) is 0. The molecule has 1 aliphatic rings. The normalized spacial score (nSPS) is 14.8. The van der Waals surface area contributed by atoms with Crippen LogP contribution in [0.1, 0.15) is 26.3 Å². The number of hydrogen-bond acceptors (Lipinski definition) is 4. The summed E-state index contributed by atoms with van der Waals surface area (Å²) in [4.78, 5) is 26.0. The fraction of sp³-hybridized carbons (Fsp3) is 0.353. The minimum atomic E-state index is -0.176. The molecule has 2 aromatic rings. The van der Waals surface area contributed by atoms with Crippen molar-refractivity contribution in [1.29, 1.82) is 0 Å². The highest BCUT2D eigenvalue weighted by atomic mass is 16.2. The summed E-state index contributed by atoms with van der Waals surface area (Å²) in [6, 6.07) is 9.45. The molecule has 1 atom stereocenters. The summed E-state index contributed by atoms with van der Waals surface area (Å²) < 4.78 is 1.80. The molecule has 7 heteroatoms. The van der Waals surface area contributed by atoms with Gasteiger partial charge in [0.2, 0.25) is 11.8 Å². The third-order valence-corrected chi connectivity index (χ3v) is 4.13. The van der Waals surface area contributed by atoms with Crippen LogP contribution in [0, 0.1) is 0 Å². The molecule has 0 saturated heterocycles. The predicted molar refractivity (Wildman–Crippen MR) is 93.1 cm³/mol. The first-order chi connectivity index (χ1) is 11.6. The van der Waals surface area contributed by atoms with E-state index in [4.69, 9.17) is 0 Å². The van der Waals surface area contributed by atoms with Crippen LogP contribution < -0.4 is 15.5 Å². The van der Waals surface area contributed by atoms with Crippen LogP contribution >= 0.6 is 0 Å². The van der Waals surface area contributed by atoms with E-state index >= 15 is 0 Å². The summed E-state index contributed by atoms with van der Waals surface area (Å²) in [5.41, 5.74) is 1.58. The van der Waals surface area contributed by atoms with Gasteiger partial charge in [0.05, 0.1) is 36.7 Å². The number of benzene rings is 1. The number of carbonyl (C=O) groups is 2. The van der Waals surface area contributed by atoms with Crippen molar-refractivity contribution < 1.29 is 9.59 Å². The molecule has 3 rings (SSSR count). The van der Waals surface area contributed by atoms with Crippen LogP contribution in [0.5, 0.6) is 0 Å². The van der Waals surface area contributed by atoms with Gasteiger partial charge in [-0.05, 0) is 25.5 Å². The molecule has 0 aliphatic carbocycles. The van der Waals surface area contributed by atoms with Gasteiger partial charge in [0.25, 0.3) is 0 Å². The maximum Gasteiger partial charge on any atom is 0.245 e. The zero-order valence-electron chi connectivity index (χ0n) is 13.8. The molecule has 0 spiro atoms. The third-order valence-electron chi connectivity index (χ3n) is 4.13. The smallest absolute Gasteiger partial charge is 0.245 e. The van der Waals surface area contributed by atoms with E-state index in [0.717, 1.165) is 17.8 Å². The first-order valence-electron chi connectivity index (χ1n) is 8.05. The molecule has 0 bridgehead atoms. The van der Waals surface area contributed by atoms with E-state index < -0.39 is 0 Å². The Labute approximate surface area is 140 Å². The summed E-state index contributed by atoms with van der Waals surface area (Å²) in [6.07, 6.45) is 2.59. The van der Waals surface area contributed by atoms with Gasteiger partial charge in [-0.2, -0.15) is 5.10 Å². The van der Waals surface area contributed by atoms with Crippen molar-refractivity contribution in [2.75, 3.05) is 28.6 Å². The van der Waals surface area contributed by atoms with Crippen molar-refractivity contribution in [1.82, 2.24) is 9.78 Å². The molecule has 126 valence electrons. The van der Waals surface area contributed by atoms with E-state index in [-0.39, 0.29) is 30.9 Å². The second-order valence-corrected chi connectivity index (χ2v) is 5.89. The molecule has 2 amide bonds. The molecule has 0 saturated carbocycles. The van der Waals surface area contributed by atoms with Crippen LogP contribution in [0.4, 0.5) is 17.2 Å². The standard InChI is InChI=1S/C17H21N5O2/c1-3-12(2)22-15(8-9-18-22)20-17(24)11-21-10-16(23)19-13-6-4-5-7-14(13)21/h4-9,12H,3,10-11H2,1-2H3,(H,19,23)(H,20,24). The monoisotopic (exact) mass is 327 g/mol. The Morgan fingerprint density at radius 3 is 2.96 bits per heavy atom. The third kappa shape index (κ3) is 3.24. The van der Waals surface area contributed by atoms with Crippen LogP contribution in [0.2, 0.25) is 0 Å². The lowest BCUT2D eigenvalue weighted by molar-refractivity contribution is -0.115. The quantitative estimate of drug-likeness (QED) is 0.883. The van der Waals surface area contributed by atoms with E-state index in [9.17, 15) is 9.59 Å². The van der Waals surface area contributed by atoms with Gasteiger partial charge in [0.15, 0.2) is 0 Å². The van der Waals surface area contributed by atoms with Gasteiger partial charge in [-0.3, -0.25) is 9.59 Å². The average molecular weight is 327 g/mol. The maximum absolute atomic E-state index is 12.4. The van der Waals surface area contributed by atoms with Gasteiger partial charge < -0.3 is 15.5 Å². The van der Waals surface area contributed by atoms with E-state index in [1.807, 2.05) is 31.2 Å². The number of rotatable bonds is 5. The average Bonchev–Trinajstić information content (AvgIpc) is 3.02. The van der Waals surface area contributed by atoms with Gasteiger partial charge in [-0.1, -0.05) is 19.1 Å².